The largest absolute Gasteiger partial charge is 0.405 e. The Morgan fingerprint density at radius 3 is 2.48 bits per heavy atom. The van der Waals surface area contributed by atoms with E-state index < -0.39 is 24.5 Å². The number of halogens is 3. The van der Waals surface area contributed by atoms with Gasteiger partial charge in [0, 0.05) is 17.2 Å². The molecule has 0 saturated heterocycles. The van der Waals surface area contributed by atoms with Gasteiger partial charge in [0.25, 0.3) is 11.8 Å². The quantitative estimate of drug-likeness (QED) is 0.655. The molecule has 3 amide bonds. The van der Waals surface area contributed by atoms with Crippen LogP contribution in [-0.2, 0) is 4.79 Å². The summed E-state index contributed by atoms with van der Waals surface area (Å²) in [6, 6.07) is 7.34. The second-order valence-electron chi connectivity index (χ2n) is 6.72. The molecule has 1 saturated carbocycles. The number of aryl methyl sites for hydroxylation is 1. The monoisotopic (exact) mass is 425 g/mol. The standard InChI is InChI=1S/C19H18F3N3O3S/c1-10-7-14(25-17(27)11-5-6-11)29-15(10)18(28)24-13-4-2-3-12(8-13)16(26)23-9-19(20,21)22/h2-4,7-8,11H,5-6,9H2,1H3,(H,23,26)(H,24,28)(H,25,27). The Kier molecular flexibility index (Phi) is 5.92. The zero-order valence-corrected chi connectivity index (χ0v) is 16.2. The van der Waals surface area contributed by atoms with Crippen molar-refractivity contribution in [3.05, 3.63) is 46.3 Å². The van der Waals surface area contributed by atoms with E-state index in [1.807, 2.05) is 0 Å². The number of benzene rings is 1. The van der Waals surface area contributed by atoms with Gasteiger partial charge in [0.15, 0.2) is 0 Å². The molecule has 0 bridgehead atoms. The Balaban J connectivity index is 1.65. The van der Waals surface area contributed by atoms with Crippen LogP contribution in [0.1, 0.15) is 38.4 Å². The van der Waals surface area contributed by atoms with Crippen LogP contribution in [-0.4, -0.2) is 30.4 Å². The molecule has 0 spiro atoms. The maximum atomic E-state index is 12.6. The Bertz CT molecular complexity index is 952. The number of hydrogen-bond donors (Lipinski definition) is 3. The molecule has 0 unspecified atom stereocenters. The average molecular weight is 425 g/mol. The molecule has 1 heterocycles. The fraction of sp³-hybridized carbons (Fsp3) is 0.316. The van der Waals surface area contributed by atoms with E-state index in [0.717, 1.165) is 24.2 Å². The van der Waals surface area contributed by atoms with Crippen LogP contribution in [0.3, 0.4) is 0 Å². The van der Waals surface area contributed by atoms with Crippen LogP contribution >= 0.6 is 11.3 Å². The lowest BCUT2D eigenvalue weighted by molar-refractivity contribution is -0.123. The van der Waals surface area contributed by atoms with Crippen molar-refractivity contribution in [2.75, 3.05) is 17.2 Å². The van der Waals surface area contributed by atoms with Crippen molar-refractivity contribution in [1.82, 2.24) is 5.32 Å². The minimum atomic E-state index is -4.51. The lowest BCUT2D eigenvalue weighted by Crippen LogP contribution is -2.33. The van der Waals surface area contributed by atoms with Gasteiger partial charge in [-0.2, -0.15) is 13.2 Å². The maximum absolute atomic E-state index is 12.6. The van der Waals surface area contributed by atoms with E-state index in [1.54, 1.807) is 18.3 Å². The Morgan fingerprint density at radius 2 is 1.83 bits per heavy atom. The van der Waals surface area contributed by atoms with Crippen LogP contribution in [0.25, 0.3) is 0 Å². The van der Waals surface area contributed by atoms with Gasteiger partial charge in [-0.15, -0.1) is 11.3 Å². The van der Waals surface area contributed by atoms with Crippen LogP contribution in [0, 0.1) is 12.8 Å². The van der Waals surface area contributed by atoms with Gasteiger partial charge in [-0.3, -0.25) is 14.4 Å². The third-order valence-corrected chi connectivity index (χ3v) is 5.30. The highest BCUT2D eigenvalue weighted by atomic mass is 32.1. The first-order valence-corrected chi connectivity index (χ1v) is 9.62. The first-order chi connectivity index (χ1) is 13.6. The first-order valence-electron chi connectivity index (χ1n) is 8.80. The number of amides is 3. The molecule has 0 aliphatic heterocycles. The molecule has 1 fully saturated rings. The van der Waals surface area contributed by atoms with Crippen LogP contribution in [0.5, 0.6) is 0 Å². The smallest absolute Gasteiger partial charge is 0.343 e. The summed E-state index contributed by atoms with van der Waals surface area (Å²) < 4.78 is 36.7. The molecular weight excluding hydrogens is 407 g/mol. The van der Waals surface area contributed by atoms with Crippen molar-refractivity contribution in [2.45, 2.75) is 25.9 Å². The number of rotatable bonds is 6. The molecule has 1 aromatic heterocycles. The van der Waals surface area contributed by atoms with Gasteiger partial charge in [0.2, 0.25) is 5.91 Å². The molecule has 1 aliphatic rings. The van der Waals surface area contributed by atoms with Crippen LogP contribution in [0.4, 0.5) is 23.9 Å². The van der Waals surface area contributed by atoms with Gasteiger partial charge in [-0.1, -0.05) is 6.07 Å². The number of thiophene rings is 1. The van der Waals surface area contributed by atoms with Gasteiger partial charge in [-0.25, -0.2) is 0 Å². The van der Waals surface area contributed by atoms with Gasteiger partial charge in [0.05, 0.1) is 9.88 Å². The highest BCUT2D eigenvalue weighted by Gasteiger charge is 2.30. The molecule has 2 aromatic rings. The van der Waals surface area contributed by atoms with Crippen molar-refractivity contribution < 1.29 is 27.6 Å². The van der Waals surface area contributed by atoms with Crippen molar-refractivity contribution in [1.29, 1.82) is 0 Å². The molecule has 154 valence electrons. The minimum absolute atomic E-state index is 0.00710. The van der Waals surface area contributed by atoms with Gasteiger partial charge in [0.1, 0.15) is 6.54 Å². The SMILES string of the molecule is Cc1cc(NC(=O)C2CC2)sc1C(=O)Nc1cccc(C(=O)NCC(F)(F)F)c1. The van der Waals surface area contributed by atoms with Crippen LogP contribution in [0.15, 0.2) is 30.3 Å². The summed E-state index contributed by atoms with van der Waals surface area (Å²) in [5.41, 5.74) is 0.941. The maximum Gasteiger partial charge on any atom is 0.405 e. The predicted octanol–water partition coefficient (Wildman–Crippen LogP) is 3.95. The minimum Gasteiger partial charge on any atom is -0.343 e. The molecule has 0 radical (unpaired) electrons. The second kappa shape index (κ2) is 8.24. The van der Waals surface area contributed by atoms with E-state index in [0.29, 0.717) is 15.4 Å². The first kappa shape index (κ1) is 20.8. The molecule has 1 aromatic carbocycles. The number of carbonyl (C=O) groups excluding carboxylic acids is 3. The summed E-state index contributed by atoms with van der Waals surface area (Å²) in [7, 11) is 0. The second-order valence-corrected chi connectivity index (χ2v) is 7.77. The molecule has 0 atom stereocenters. The number of nitrogens with one attached hydrogen (secondary N) is 3. The highest BCUT2D eigenvalue weighted by molar-refractivity contribution is 7.18. The highest BCUT2D eigenvalue weighted by Crippen LogP contribution is 2.33. The topological polar surface area (TPSA) is 87.3 Å². The number of carbonyl (C=O) groups is 3. The molecule has 6 nitrogen and oxygen atoms in total. The fourth-order valence-electron chi connectivity index (χ4n) is 2.55. The zero-order valence-electron chi connectivity index (χ0n) is 15.4. The summed E-state index contributed by atoms with van der Waals surface area (Å²) in [6.07, 6.45) is -2.77. The van der Waals surface area contributed by atoms with E-state index in [-0.39, 0.29) is 23.1 Å². The van der Waals surface area contributed by atoms with Gasteiger partial charge in [-0.05, 0) is 49.6 Å². The van der Waals surface area contributed by atoms with E-state index >= 15 is 0 Å². The summed E-state index contributed by atoms with van der Waals surface area (Å²) >= 11 is 1.13. The van der Waals surface area contributed by atoms with Gasteiger partial charge >= 0.3 is 6.18 Å². The molecule has 3 rings (SSSR count). The van der Waals surface area contributed by atoms with E-state index in [1.165, 1.54) is 24.3 Å². The molecular formula is C19H18F3N3O3S. The van der Waals surface area contributed by atoms with E-state index in [2.05, 4.69) is 10.6 Å². The van der Waals surface area contributed by atoms with Crippen molar-refractivity contribution >= 4 is 39.7 Å². The summed E-state index contributed by atoms with van der Waals surface area (Å²) in [4.78, 5) is 36.7. The van der Waals surface area contributed by atoms with Crippen molar-refractivity contribution in [3.8, 4) is 0 Å². The lowest BCUT2D eigenvalue weighted by atomic mass is 10.2. The molecule has 3 N–H and O–H groups in total. The van der Waals surface area contributed by atoms with Crippen molar-refractivity contribution in [3.63, 3.8) is 0 Å². The summed E-state index contributed by atoms with van der Waals surface area (Å²) in [6.45, 7) is 0.297. The third-order valence-electron chi connectivity index (χ3n) is 4.15. The Hall–Kier alpha value is -2.88. The summed E-state index contributed by atoms with van der Waals surface area (Å²) in [5.74, 6) is -1.35. The predicted molar refractivity (Wildman–Crippen MR) is 103 cm³/mol. The zero-order chi connectivity index (χ0) is 21.2. The van der Waals surface area contributed by atoms with Crippen LogP contribution in [0.2, 0.25) is 0 Å². The Labute approximate surface area is 168 Å². The van der Waals surface area contributed by atoms with Crippen LogP contribution < -0.4 is 16.0 Å². The molecule has 10 heteroatoms. The average Bonchev–Trinajstić information content (AvgIpc) is 3.43. The van der Waals surface area contributed by atoms with E-state index in [9.17, 15) is 27.6 Å². The number of hydrogen-bond acceptors (Lipinski definition) is 4. The molecule has 29 heavy (non-hydrogen) atoms. The fourth-order valence-corrected chi connectivity index (χ4v) is 3.52. The van der Waals surface area contributed by atoms with Gasteiger partial charge < -0.3 is 16.0 Å². The Morgan fingerprint density at radius 1 is 1.10 bits per heavy atom. The number of alkyl halides is 3. The van der Waals surface area contributed by atoms with Crippen molar-refractivity contribution in [2.24, 2.45) is 5.92 Å². The van der Waals surface area contributed by atoms with E-state index in [4.69, 9.17) is 0 Å². The third kappa shape index (κ3) is 5.80. The lowest BCUT2D eigenvalue weighted by Gasteiger charge is -2.10. The normalized spacial score (nSPS) is 13.7. The molecule has 1 aliphatic carbocycles. The number of anilines is 2. The summed E-state index contributed by atoms with van der Waals surface area (Å²) in [5, 5.41) is 7.77.